The van der Waals surface area contributed by atoms with Gasteiger partial charge < -0.3 is 16.0 Å². The molecular formula is C16H26ClIN4O. The highest BCUT2D eigenvalue weighted by Gasteiger charge is 2.06. The monoisotopic (exact) mass is 452 g/mol. The van der Waals surface area contributed by atoms with Crippen molar-refractivity contribution in [1.29, 1.82) is 0 Å². The Bertz CT molecular complexity index is 511. The molecule has 0 saturated carbocycles. The van der Waals surface area contributed by atoms with Crippen molar-refractivity contribution in [3.8, 4) is 0 Å². The minimum absolute atomic E-state index is 0. The highest BCUT2D eigenvalue weighted by Crippen LogP contribution is 2.14. The molecule has 1 amide bonds. The number of nitrogens with one attached hydrogen (secondary N) is 3. The zero-order valence-corrected chi connectivity index (χ0v) is 16.9. The zero-order chi connectivity index (χ0) is 16.4. The molecule has 1 aromatic rings. The van der Waals surface area contributed by atoms with Crippen LogP contribution >= 0.6 is 35.6 Å². The van der Waals surface area contributed by atoms with Crippen molar-refractivity contribution in [1.82, 2.24) is 16.0 Å². The Morgan fingerprint density at radius 2 is 2.00 bits per heavy atom. The Balaban J connectivity index is 0.00000484. The molecule has 0 radical (unpaired) electrons. The van der Waals surface area contributed by atoms with E-state index in [2.05, 4.69) is 20.9 Å². The normalized spacial score (nSPS) is 12.1. The maximum absolute atomic E-state index is 11.7. The van der Waals surface area contributed by atoms with Crippen LogP contribution in [0.2, 0.25) is 5.02 Å². The number of aliphatic imine (C=N–C) groups is 1. The van der Waals surface area contributed by atoms with Gasteiger partial charge in [0.25, 0.3) is 0 Å². The van der Waals surface area contributed by atoms with Gasteiger partial charge in [0, 0.05) is 37.6 Å². The Labute approximate surface area is 160 Å². The van der Waals surface area contributed by atoms with Crippen molar-refractivity contribution >= 4 is 47.4 Å². The van der Waals surface area contributed by atoms with Gasteiger partial charge in [-0.05, 0) is 25.0 Å². The molecule has 0 bridgehead atoms. The molecule has 0 saturated heterocycles. The lowest BCUT2D eigenvalue weighted by Gasteiger charge is -2.14. The second-order valence-corrected chi connectivity index (χ2v) is 5.48. The van der Waals surface area contributed by atoms with Crippen LogP contribution in [-0.2, 0) is 11.3 Å². The fraction of sp³-hybridized carbons (Fsp3) is 0.500. The molecule has 1 aromatic carbocycles. The van der Waals surface area contributed by atoms with Crippen molar-refractivity contribution in [2.45, 2.75) is 39.3 Å². The van der Waals surface area contributed by atoms with Crippen LogP contribution in [0.15, 0.2) is 29.3 Å². The molecule has 0 fully saturated rings. The maximum Gasteiger partial charge on any atom is 0.221 e. The summed E-state index contributed by atoms with van der Waals surface area (Å²) in [5.74, 6) is 0.694. The van der Waals surface area contributed by atoms with Gasteiger partial charge in [-0.25, -0.2) is 0 Å². The summed E-state index contributed by atoms with van der Waals surface area (Å²) in [5.41, 5.74) is 1.00. The second kappa shape index (κ2) is 12.4. The first-order valence-corrected chi connectivity index (χ1v) is 7.91. The molecule has 7 heteroatoms. The summed E-state index contributed by atoms with van der Waals surface area (Å²) in [5, 5.41) is 9.94. The van der Waals surface area contributed by atoms with Gasteiger partial charge in [-0.15, -0.1) is 24.0 Å². The first-order chi connectivity index (χ1) is 10.6. The van der Waals surface area contributed by atoms with Crippen molar-refractivity contribution in [3.05, 3.63) is 34.9 Å². The lowest BCUT2D eigenvalue weighted by Crippen LogP contribution is -2.40. The average Bonchev–Trinajstić information content (AvgIpc) is 2.51. The summed E-state index contributed by atoms with van der Waals surface area (Å²) in [6.45, 7) is 5.15. The summed E-state index contributed by atoms with van der Waals surface area (Å²) in [6, 6.07) is 7.87. The zero-order valence-electron chi connectivity index (χ0n) is 13.9. The number of carbonyl (C=O) groups is 1. The van der Waals surface area contributed by atoms with E-state index >= 15 is 0 Å². The van der Waals surface area contributed by atoms with Crippen LogP contribution in [0.1, 0.15) is 32.3 Å². The van der Waals surface area contributed by atoms with Gasteiger partial charge in [0.2, 0.25) is 5.91 Å². The van der Waals surface area contributed by atoms with Gasteiger partial charge in [0.15, 0.2) is 5.96 Å². The van der Waals surface area contributed by atoms with E-state index in [0.717, 1.165) is 17.0 Å². The molecule has 0 heterocycles. The summed E-state index contributed by atoms with van der Waals surface area (Å²) < 4.78 is 0. The summed E-state index contributed by atoms with van der Waals surface area (Å²) in [4.78, 5) is 15.8. The fourth-order valence-electron chi connectivity index (χ4n) is 1.78. The third-order valence-corrected chi connectivity index (χ3v) is 3.66. The van der Waals surface area contributed by atoms with E-state index in [1.807, 2.05) is 38.1 Å². The van der Waals surface area contributed by atoms with E-state index < -0.39 is 0 Å². The molecule has 1 unspecified atom stereocenters. The van der Waals surface area contributed by atoms with Crippen molar-refractivity contribution in [2.24, 2.45) is 4.99 Å². The van der Waals surface area contributed by atoms with Crippen LogP contribution in [0.4, 0.5) is 0 Å². The number of guanidine groups is 1. The van der Waals surface area contributed by atoms with E-state index in [1.165, 1.54) is 0 Å². The Morgan fingerprint density at radius 3 is 2.61 bits per heavy atom. The van der Waals surface area contributed by atoms with E-state index in [-0.39, 0.29) is 35.9 Å². The standard InChI is InChI=1S/C16H25ClN4O.HI/c1-4-12(2)21-15(22)9-10-19-16(18-3)20-11-13-7-5-6-8-14(13)17;/h5-8,12H,4,9-11H2,1-3H3,(H,21,22)(H2,18,19,20);1H. The van der Waals surface area contributed by atoms with Gasteiger partial charge in [-0.1, -0.05) is 36.7 Å². The van der Waals surface area contributed by atoms with E-state index in [1.54, 1.807) is 7.05 Å². The van der Waals surface area contributed by atoms with Gasteiger partial charge in [0.05, 0.1) is 0 Å². The molecule has 3 N–H and O–H groups in total. The number of benzene rings is 1. The van der Waals surface area contributed by atoms with E-state index in [9.17, 15) is 4.79 Å². The Morgan fingerprint density at radius 1 is 1.30 bits per heavy atom. The average molecular weight is 453 g/mol. The topological polar surface area (TPSA) is 65.5 Å². The van der Waals surface area contributed by atoms with Crippen LogP contribution in [0.25, 0.3) is 0 Å². The van der Waals surface area contributed by atoms with Crippen LogP contribution in [-0.4, -0.2) is 31.5 Å². The highest BCUT2D eigenvalue weighted by atomic mass is 127. The van der Waals surface area contributed by atoms with Crippen LogP contribution in [0.3, 0.4) is 0 Å². The van der Waals surface area contributed by atoms with E-state index in [4.69, 9.17) is 11.6 Å². The minimum Gasteiger partial charge on any atom is -0.356 e. The van der Waals surface area contributed by atoms with Gasteiger partial charge in [-0.3, -0.25) is 9.79 Å². The molecule has 1 rings (SSSR count). The number of rotatable bonds is 7. The Hall–Kier alpha value is -1.02. The van der Waals surface area contributed by atoms with Gasteiger partial charge in [0.1, 0.15) is 0 Å². The maximum atomic E-state index is 11.7. The lowest BCUT2D eigenvalue weighted by atomic mass is 10.2. The third kappa shape index (κ3) is 9.00. The fourth-order valence-corrected chi connectivity index (χ4v) is 1.99. The molecule has 0 aliphatic rings. The molecule has 0 spiro atoms. The number of hydrogen-bond acceptors (Lipinski definition) is 2. The molecule has 0 aliphatic heterocycles. The predicted octanol–water partition coefficient (Wildman–Crippen LogP) is 2.93. The summed E-state index contributed by atoms with van der Waals surface area (Å²) in [6.07, 6.45) is 1.34. The van der Waals surface area contributed by atoms with Crippen LogP contribution in [0, 0.1) is 0 Å². The number of hydrogen-bond donors (Lipinski definition) is 3. The molecule has 23 heavy (non-hydrogen) atoms. The molecule has 0 aromatic heterocycles. The largest absolute Gasteiger partial charge is 0.356 e. The van der Waals surface area contributed by atoms with Gasteiger partial charge in [-0.2, -0.15) is 0 Å². The number of nitrogens with zero attached hydrogens (tertiary/aromatic N) is 1. The second-order valence-electron chi connectivity index (χ2n) is 5.07. The predicted molar refractivity (Wildman–Crippen MR) is 108 cm³/mol. The van der Waals surface area contributed by atoms with Crippen LogP contribution < -0.4 is 16.0 Å². The smallest absolute Gasteiger partial charge is 0.221 e. The molecule has 130 valence electrons. The molecular weight excluding hydrogens is 427 g/mol. The quantitative estimate of drug-likeness (QED) is 0.339. The molecule has 5 nitrogen and oxygen atoms in total. The first-order valence-electron chi connectivity index (χ1n) is 7.54. The molecule has 1 atom stereocenters. The number of halogens is 2. The molecule has 0 aliphatic carbocycles. The summed E-state index contributed by atoms with van der Waals surface area (Å²) >= 11 is 6.11. The van der Waals surface area contributed by atoms with E-state index in [0.29, 0.717) is 25.5 Å². The SMILES string of the molecule is CCC(C)NC(=O)CCNC(=NC)NCc1ccccc1Cl.I. The van der Waals surface area contributed by atoms with Crippen molar-refractivity contribution < 1.29 is 4.79 Å². The minimum atomic E-state index is 0. The summed E-state index contributed by atoms with van der Waals surface area (Å²) in [7, 11) is 1.70. The van der Waals surface area contributed by atoms with Crippen molar-refractivity contribution in [2.75, 3.05) is 13.6 Å². The van der Waals surface area contributed by atoms with Crippen LogP contribution in [0.5, 0.6) is 0 Å². The number of amides is 1. The number of carbonyl (C=O) groups excluding carboxylic acids is 1. The third-order valence-electron chi connectivity index (χ3n) is 3.29. The highest BCUT2D eigenvalue weighted by molar-refractivity contribution is 14.0. The first kappa shape index (κ1) is 22.0. The van der Waals surface area contributed by atoms with Gasteiger partial charge >= 0.3 is 0 Å². The van der Waals surface area contributed by atoms with Crippen molar-refractivity contribution in [3.63, 3.8) is 0 Å². The Kier molecular flexibility index (Phi) is 11.9. The lowest BCUT2D eigenvalue weighted by molar-refractivity contribution is -0.121.